The van der Waals surface area contributed by atoms with E-state index in [1.165, 1.54) is 5.41 Å². The van der Waals surface area contributed by atoms with Crippen molar-refractivity contribution >= 4 is 40.7 Å². The lowest BCUT2D eigenvalue weighted by Crippen LogP contribution is -2.54. The number of hydrogen-bond donors (Lipinski definition) is 0. The molecule has 1 saturated heterocycles. The van der Waals surface area contributed by atoms with Gasteiger partial charge in [0.2, 0.25) is 0 Å². The highest BCUT2D eigenvalue weighted by Crippen LogP contribution is 2.38. The molecule has 29 heavy (non-hydrogen) atoms. The van der Waals surface area contributed by atoms with Gasteiger partial charge in [-0.25, -0.2) is 8.42 Å². The van der Waals surface area contributed by atoms with E-state index >= 15 is 0 Å². The lowest BCUT2D eigenvalue weighted by molar-refractivity contribution is -0.131. The van der Waals surface area contributed by atoms with Crippen LogP contribution in [0, 0.1) is 11.8 Å². The van der Waals surface area contributed by atoms with Crippen LogP contribution in [0.1, 0.15) is 34.6 Å². The molecule has 7 heteroatoms. The predicted molar refractivity (Wildman–Crippen MR) is 131 cm³/mol. The Bertz CT molecular complexity index is 756. The molecule has 1 fully saturated rings. The molecular formula is C22H35IO4SSi. The normalized spacial score (nSPS) is 28.7. The van der Waals surface area contributed by atoms with E-state index in [-0.39, 0.29) is 30.1 Å². The Morgan fingerprint density at radius 1 is 1.07 bits per heavy atom. The molecular weight excluding hydrogens is 515 g/mol. The van der Waals surface area contributed by atoms with Gasteiger partial charge in [-0.3, -0.25) is 0 Å². The zero-order chi connectivity index (χ0) is 21.7. The zero-order valence-corrected chi connectivity index (χ0v) is 22.1. The summed E-state index contributed by atoms with van der Waals surface area (Å²) in [6.45, 7) is 11.1. The summed E-state index contributed by atoms with van der Waals surface area (Å²) in [4.78, 5) is 0.306. The number of sulfone groups is 1. The summed E-state index contributed by atoms with van der Waals surface area (Å²) in [7, 11) is -5.25. The van der Waals surface area contributed by atoms with Crippen LogP contribution in [0.25, 0.3) is 0 Å². The van der Waals surface area contributed by atoms with Crippen LogP contribution in [0.2, 0.25) is 18.1 Å². The van der Waals surface area contributed by atoms with Crippen molar-refractivity contribution in [2.75, 3.05) is 4.43 Å². The number of benzene rings is 1. The molecule has 0 amide bonds. The monoisotopic (exact) mass is 550 g/mol. The van der Waals surface area contributed by atoms with Crippen molar-refractivity contribution in [1.82, 2.24) is 0 Å². The fourth-order valence-electron chi connectivity index (χ4n) is 4.10. The lowest BCUT2D eigenvalue weighted by Gasteiger charge is -2.47. The van der Waals surface area contributed by atoms with E-state index in [2.05, 4.69) is 57.2 Å². The molecule has 1 heterocycles. The standard InChI is InChI=1S/C22H35IO4SSi/c1-6-29(7-2,8-3)27-22-17(4)20(26-21(16-23)18(22)5)14-15-28(24,25)19-12-10-9-11-13-19/h9-15,17-18,20-22H,6-8,16H2,1-5H3/b15-14+/t17-,18+,20+,21-,22-/m1/s1. The first kappa shape index (κ1) is 25.0. The van der Waals surface area contributed by atoms with Crippen LogP contribution in [0.3, 0.4) is 0 Å². The molecule has 0 bridgehead atoms. The molecule has 5 atom stereocenters. The molecule has 2 rings (SSSR count). The van der Waals surface area contributed by atoms with E-state index in [0.717, 1.165) is 22.6 Å². The quantitative estimate of drug-likeness (QED) is 0.220. The summed E-state index contributed by atoms with van der Waals surface area (Å²) in [5, 5.41) is 1.31. The Hall–Kier alpha value is -0.223. The van der Waals surface area contributed by atoms with E-state index in [9.17, 15) is 8.42 Å². The maximum absolute atomic E-state index is 12.7. The van der Waals surface area contributed by atoms with Gasteiger partial charge in [-0.1, -0.05) is 75.4 Å². The van der Waals surface area contributed by atoms with E-state index < -0.39 is 18.2 Å². The molecule has 1 aromatic rings. The molecule has 0 aliphatic carbocycles. The molecule has 1 aromatic carbocycles. The highest BCUT2D eigenvalue weighted by Gasteiger charge is 2.44. The summed E-state index contributed by atoms with van der Waals surface area (Å²) in [5.41, 5.74) is 0. The average molecular weight is 551 g/mol. The molecule has 0 N–H and O–H groups in total. The number of hydrogen-bond acceptors (Lipinski definition) is 4. The van der Waals surface area contributed by atoms with Gasteiger partial charge in [-0.15, -0.1) is 0 Å². The van der Waals surface area contributed by atoms with Gasteiger partial charge in [0.25, 0.3) is 0 Å². The maximum atomic E-state index is 12.7. The second-order valence-corrected chi connectivity index (χ2v) is 15.5. The number of alkyl halides is 1. The highest BCUT2D eigenvalue weighted by atomic mass is 127. The third-order valence-corrected chi connectivity index (χ3v) is 13.4. The van der Waals surface area contributed by atoms with Crippen molar-refractivity contribution in [2.45, 2.75) is 76.0 Å². The lowest BCUT2D eigenvalue weighted by atomic mass is 9.83. The van der Waals surface area contributed by atoms with Gasteiger partial charge in [-0.2, -0.15) is 0 Å². The van der Waals surface area contributed by atoms with Crippen LogP contribution in [0.4, 0.5) is 0 Å². The largest absolute Gasteiger partial charge is 0.413 e. The molecule has 1 aliphatic rings. The smallest absolute Gasteiger partial charge is 0.199 e. The van der Waals surface area contributed by atoms with Crippen LogP contribution in [-0.2, 0) is 19.0 Å². The van der Waals surface area contributed by atoms with Gasteiger partial charge < -0.3 is 9.16 Å². The third-order valence-electron chi connectivity index (χ3n) is 6.46. The topological polar surface area (TPSA) is 52.6 Å². The molecule has 1 aliphatic heterocycles. The Morgan fingerprint density at radius 3 is 2.17 bits per heavy atom. The van der Waals surface area contributed by atoms with Crippen molar-refractivity contribution < 1.29 is 17.6 Å². The van der Waals surface area contributed by atoms with Crippen molar-refractivity contribution in [3.8, 4) is 0 Å². The molecule has 0 unspecified atom stereocenters. The van der Waals surface area contributed by atoms with Crippen LogP contribution < -0.4 is 0 Å². The summed E-state index contributed by atoms with van der Waals surface area (Å²) in [6, 6.07) is 11.9. The minimum absolute atomic E-state index is 0.0585. The predicted octanol–water partition coefficient (Wildman–Crippen LogP) is 5.84. The molecule has 0 saturated carbocycles. The van der Waals surface area contributed by atoms with Crippen molar-refractivity contribution in [3.05, 3.63) is 41.8 Å². The average Bonchev–Trinajstić information content (AvgIpc) is 2.74. The van der Waals surface area contributed by atoms with Crippen molar-refractivity contribution in [3.63, 3.8) is 0 Å². The fourth-order valence-corrected chi connectivity index (χ4v) is 9.17. The summed E-state index contributed by atoms with van der Waals surface area (Å²) >= 11 is 2.36. The molecule has 0 aromatic heterocycles. The summed E-state index contributed by atoms with van der Waals surface area (Å²) < 4.78 is 39.4. The van der Waals surface area contributed by atoms with E-state index in [1.54, 1.807) is 30.3 Å². The van der Waals surface area contributed by atoms with Gasteiger partial charge in [0.1, 0.15) is 0 Å². The number of rotatable bonds is 9. The van der Waals surface area contributed by atoms with E-state index in [0.29, 0.717) is 4.90 Å². The number of halogens is 1. The Morgan fingerprint density at radius 2 is 1.66 bits per heavy atom. The summed E-state index contributed by atoms with van der Waals surface area (Å²) in [5.74, 6) is 0.386. The molecule has 0 radical (unpaired) electrons. The Labute approximate surface area is 191 Å². The van der Waals surface area contributed by atoms with Gasteiger partial charge in [0.15, 0.2) is 18.2 Å². The first-order valence-corrected chi connectivity index (χ1v) is 16.2. The Balaban J connectivity index is 2.28. The summed E-state index contributed by atoms with van der Waals surface area (Å²) in [6.07, 6.45) is 1.60. The van der Waals surface area contributed by atoms with E-state index in [1.807, 2.05) is 6.07 Å². The minimum Gasteiger partial charge on any atom is -0.413 e. The van der Waals surface area contributed by atoms with Crippen LogP contribution in [0.15, 0.2) is 46.7 Å². The van der Waals surface area contributed by atoms with Crippen LogP contribution >= 0.6 is 22.6 Å². The second-order valence-electron chi connectivity index (χ2n) is 8.02. The van der Waals surface area contributed by atoms with Gasteiger partial charge in [0, 0.05) is 21.7 Å². The highest BCUT2D eigenvalue weighted by molar-refractivity contribution is 14.1. The zero-order valence-electron chi connectivity index (χ0n) is 18.2. The maximum Gasteiger partial charge on any atom is 0.199 e. The third kappa shape index (κ3) is 5.93. The van der Waals surface area contributed by atoms with E-state index in [4.69, 9.17) is 9.16 Å². The molecule has 4 nitrogen and oxygen atoms in total. The molecule has 0 spiro atoms. The first-order valence-electron chi connectivity index (χ1n) is 10.6. The van der Waals surface area contributed by atoms with Gasteiger partial charge in [-0.05, 0) is 36.3 Å². The molecule has 164 valence electrons. The Kier molecular flexibility index (Phi) is 9.40. The van der Waals surface area contributed by atoms with Gasteiger partial charge >= 0.3 is 0 Å². The number of ether oxygens (including phenoxy) is 1. The van der Waals surface area contributed by atoms with Gasteiger partial charge in [0.05, 0.1) is 23.2 Å². The minimum atomic E-state index is -3.48. The van der Waals surface area contributed by atoms with Crippen LogP contribution in [0.5, 0.6) is 0 Å². The van der Waals surface area contributed by atoms with Crippen molar-refractivity contribution in [1.29, 1.82) is 0 Å². The first-order chi connectivity index (χ1) is 13.7. The van der Waals surface area contributed by atoms with Crippen molar-refractivity contribution in [2.24, 2.45) is 11.8 Å². The van der Waals surface area contributed by atoms with Crippen LogP contribution in [-0.4, -0.2) is 39.5 Å². The SMILES string of the molecule is CC[Si](CC)(CC)O[C@H]1[C@@H](C)[C@@H](CI)O[C@@H](/C=C/S(=O)(=O)c2ccccc2)[C@H]1C. The second kappa shape index (κ2) is 10.9. The fraction of sp³-hybridized carbons (Fsp3) is 0.636.